The highest BCUT2D eigenvalue weighted by Crippen LogP contribution is 2.13. The Balaban J connectivity index is 1.69. The Labute approximate surface area is 266 Å². The van der Waals surface area contributed by atoms with Gasteiger partial charge in [0.1, 0.15) is 12.1 Å². The molecule has 9 N–H and O–H groups in total. The summed E-state index contributed by atoms with van der Waals surface area (Å²) in [6.45, 7) is 4.15. The predicted molar refractivity (Wildman–Crippen MR) is 174 cm³/mol. The summed E-state index contributed by atoms with van der Waals surface area (Å²) < 4.78 is 0. The van der Waals surface area contributed by atoms with Crippen molar-refractivity contribution < 1.29 is 19.2 Å². The number of rotatable bonds is 17. The van der Waals surface area contributed by atoms with Crippen molar-refractivity contribution in [2.75, 3.05) is 6.54 Å². The SMILES string of the molecule is CC(C)[C@H](NC(=O)[C@H](Cc1ccccc1)NNC(=O)NCc1ccccc1)C(=O)N[C@@H](CCCN=C(N)N)C(=O)c1nccs1. The number of aromatic nitrogens is 1. The van der Waals surface area contributed by atoms with Gasteiger partial charge in [0.25, 0.3) is 0 Å². The second-order valence-electron chi connectivity index (χ2n) is 10.6. The van der Waals surface area contributed by atoms with Gasteiger partial charge in [0.15, 0.2) is 11.0 Å². The summed E-state index contributed by atoms with van der Waals surface area (Å²) in [5.41, 5.74) is 17.9. The lowest BCUT2D eigenvalue weighted by Crippen LogP contribution is -2.59. The van der Waals surface area contributed by atoms with Gasteiger partial charge in [-0.25, -0.2) is 15.2 Å². The van der Waals surface area contributed by atoms with Crippen LogP contribution in [0.3, 0.4) is 0 Å². The van der Waals surface area contributed by atoms with Gasteiger partial charge in [-0.05, 0) is 36.3 Å². The maximum atomic E-state index is 13.6. The molecule has 240 valence electrons. The number of ketones is 1. The van der Waals surface area contributed by atoms with Crippen LogP contribution in [0.4, 0.5) is 4.79 Å². The topological polar surface area (TPSA) is 206 Å². The Morgan fingerprint density at radius 3 is 2.16 bits per heavy atom. The number of guanidine groups is 1. The number of nitrogens with one attached hydrogen (secondary N) is 5. The van der Waals surface area contributed by atoms with Gasteiger partial charge in [0.05, 0.1) is 6.04 Å². The van der Waals surface area contributed by atoms with Crippen molar-refractivity contribution >= 4 is 40.9 Å². The molecule has 0 unspecified atom stereocenters. The van der Waals surface area contributed by atoms with E-state index in [0.717, 1.165) is 11.1 Å². The highest BCUT2D eigenvalue weighted by molar-refractivity contribution is 7.11. The summed E-state index contributed by atoms with van der Waals surface area (Å²) in [6, 6.07) is 15.4. The van der Waals surface area contributed by atoms with Gasteiger partial charge < -0.3 is 27.4 Å². The van der Waals surface area contributed by atoms with Crippen LogP contribution in [0.2, 0.25) is 0 Å². The monoisotopic (exact) mass is 635 g/mol. The number of carbonyl (C=O) groups is 4. The number of nitrogens with zero attached hydrogens (tertiary/aromatic N) is 2. The van der Waals surface area contributed by atoms with E-state index in [1.165, 1.54) is 17.5 Å². The molecule has 0 radical (unpaired) electrons. The lowest BCUT2D eigenvalue weighted by atomic mass is 9.99. The molecule has 0 fully saturated rings. The third-order valence-electron chi connectivity index (χ3n) is 6.72. The van der Waals surface area contributed by atoms with E-state index in [1.54, 1.807) is 19.2 Å². The van der Waals surface area contributed by atoms with E-state index in [1.807, 2.05) is 60.7 Å². The minimum Gasteiger partial charge on any atom is -0.370 e. The second kappa shape index (κ2) is 18.1. The number of Topliss-reactive ketones (excluding diaryl/α,β-unsaturated/α-hetero) is 1. The summed E-state index contributed by atoms with van der Waals surface area (Å²) in [4.78, 5) is 60.9. The first kappa shape index (κ1) is 34.7. The molecule has 4 amide bonds. The van der Waals surface area contributed by atoms with E-state index >= 15 is 0 Å². The van der Waals surface area contributed by atoms with Crippen molar-refractivity contribution in [2.45, 2.75) is 57.8 Å². The standard InChI is InChI=1S/C31H41N9O4S/c1-20(2)25(28(43)37-23(14-9-15-35-30(32)33)26(41)29-34-16-17-45-29)38-27(42)24(18-21-10-5-3-6-11-21)39-40-31(44)36-19-22-12-7-4-8-13-22/h3-8,10-13,16-17,20,23-25,39H,9,14-15,18-19H2,1-2H3,(H,37,43)(H,38,42)(H4,32,33,35)(H2,36,40,44)/t23-,24-,25-/m0/s1. The summed E-state index contributed by atoms with van der Waals surface area (Å²) in [5, 5.41) is 10.3. The molecule has 1 aromatic heterocycles. The smallest absolute Gasteiger partial charge is 0.329 e. The van der Waals surface area contributed by atoms with Crippen molar-refractivity contribution in [3.63, 3.8) is 0 Å². The fourth-order valence-corrected chi connectivity index (χ4v) is 4.98. The average molecular weight is 636 g/mol. The van der Waals surface area contributed by atoms with Crippen LogP contribution in [0.15, 0.2) is 77.2 Å². The van der Waals surface area contributed by atoms with Gasteiger partial charge in [0, 0.05) is 24.7 Å². The Morgan fingerprint density at radius 2 is 1.56 bits per heavy atom. The number of benzene rings is 2. The maximum Gasteiger partial charge on any atom is 0.329 e. The van der Waals surface area contributed by atoms with Crippen LogP contribution >= 0.6 is 11.3 Å². The normalized spacial score (nSPS) is 12.8. The maximum absolute atomic E-state index is 13.6. The van der Waals surface area contributed by atoms with Crippen LogP contribution in [0.1, 0.15) is 47.6 Å². The molecule has 0 aliphatic carbocycles. The molecular weight excluding hydrogens is 594 g/mol. The summed E-state index contributed by atoms with van der Waals surface area (Å²) in [7, 11) is 0. The fraction of sp³-hybridized carbons (Fsp3) is 0.355. The third kappa shape index (κ3) is 12.0. The van der Waals surface area contributed by atoms with E-state index in [4.69, 9.17) is 11.5 Å². The fourth-order valence-electron chi connectivity index (χ4n) is 4.35. The van der Waals surface area contributed by atoms with Crippen LogP contribution in [0.25, 0.3) is 0 Å². The van der Waals surface area contributed by atoms with Crippen LogP contribution in [-0.4, -0.2) is 59.2 Å². The number of carbonyl (C=O) groups excluding carboxylic acids is 4. The Bertz CT molecular complexity index is 1400. The van der Waals surface area contributed by atoms with Crippen molar-refractivity contribution in [3.8, 4) is 0 Å². The van der Waals surface area contributed by atoms with E-state index in [-0.39, 0.29) is 42.1 Å². The Kier molecular flexibility index (Phi) is 13.9. The number of hydrogen-bond donors (Lipinski definition) is 7. The third-order valence-corrected chi connectivity index (χ3v) is 7.51. The zero-order valence-electron chi connectivity index (χ0n) is 25.4. The Hall–Kier alpha value is -4.82. The van der Waals surface area contributed by atoms with Gasteiger partial charge >= 0.3 is 6.03 Å². The lowest BCUT2D eigenvalue weighted by Gasteiger charge is -2.27. The van der Waals surface area contributed by atoms with Crippen molar-refractivity contribution in [1.29, 1.82) is 0 Å². The van der Waals surface area contributed by atoms with E-state index in [9.17, 15) is 19.2 Å². The van der Waals surface area contributed by atoms with Gasteiger partial charge in [0.2, 0.25) is 17.6 Å². The molecule has 45 heavy (non-hydrogen) atoms. The summed E-state index contributed by atoms with van der Waals surface area (Å²) in [5.74, 6) is -1.77. The zero-order chi connectivity index (χ0) is 32.6. The molecule has 1 heterocycles. The average Bonchev–Trinajstić information content (AvgIpc) is 3.57. The van der Waals surface area contributed by atoms with E-state index in [0.29, 0.717) is 13.0 Å². The molecule has 0 spiro atoms. The lowest BCUT2D eigenvalue weighted by molar-refractivity contribution is -0.131. The molecule has 0 aliphatic heterocycles. The predicted octanol–water partition coefficient (Wildman–Crippen LogP) is 1.62. The molecule has 3 rings (SSSR count). The molecule has 0 aliphatic rings. The molecular formula is C31H41N9O4S. The first-order chi connectivity index (χ1) is 21.6. The first-order valence-electron chi connectivity index (χ1n) is 14.6. The first-order valence-corrected chi connectivity index (χ1v) is 15.5. The highest BCUT2D eigenvalue weighted by Gasteiger charge is 2.32. The molecule has 0 bridgehead atoms. The highest BCUT2D eigenvalue weighted by atomic mass is 32.1. The van der Waals surface area contributed by atoms with Crippen LogP contribution in [-0.2, 0) is 22.6 Å². The van der Waals surface area contributed by atoms with Crippen LogP contribution < -0.4 is 38.3 Å². The number of urea groups is 1. The largest absolute Gasteiger partial charge is 0.370 e. The van der Waals surface area contributed by atoms with Crippen molar-refractivity contribution in [2.24, 2.45) is 22.4 Å². The summed E-state index contributed by atoms with van der Waals surface area (Å²) >= 11 is 1.17. The number of hydrazine groups is 1. The number of aliphatic imine (C=N–C) groups is 1. The quantitative estimate of drug-likeness (QED) is 0.0381. The second-order valence-corrected chi connectivity index (χ2v) is 11.5. The molecule has 3 atom stereocenters. The van der Waals surface area contributed by atoms with Crippen LogP contribution in [0, 0.1) is 5.92 Å². The molecule has 0 saturated heterocycles. The molecule has 13 nitrogen and oxygen atoms in total. The number of nitrogens with two attached hydrogens (primary N) is 2. The van der Waals surface area contributed by atoms with Gasteiger partial charge in [-0.15, -0.1) is 11.3 Å². The molecule has 14 heteroatoms. The minimum absolute atomic E-state index is 0.0637. The number of amides is 4. The van der Waals surface area contributed by atoms with Gasteiger partial charge in [-0.2, -0.15) is 0 Å². The van der Waals surface area contributed by atoms with Gasteiger partial charge in [-0.1, -0.05) is 74.5 Å². The zero-order valence-corrected chi connectivity index (χ0v) is 26.2. The number of hydrogen-bond acceptors (Lipinski definition) is 8. The molecule has 2 aromatic carbocycles. The minimum atomic E-state index is -0.978. The summed E-state index contributed by atoms with van der Waals surface area (Å²) in [6.07, 6.45) is 2.44. The molecule has 3 aromatic rings. The van der Waals surface area contributed by atoms with Gasteiger partial charge in [-0.3, -0.25) is 24.8 Å². The Morgan fingerprint density at radius 1 is 0.889 bits per heavy atom. The van der Waals surface area contributed by atoms with Crippen LogP contribution in [0.5, 0.6) is 0 Å². The molecule has 0 saturated carbocycles. The van der Waals surface area contributed by atoms with Crippen molar-refractivity contribution in [1.82, 2.24) is 31.8 Å². The van der Waals surface area contributed by atoms with E-state index in [2.05, 4.69) is 36.8 Å². The number of thiazole rings is 1. The van der Waals surface area contributed by atoms with Crippen molar-refractivity contribution in [3.05, 3.63) is 88.4 Å². The van der Waals surface area contributed by atoms with E-state index < -0.39 is 36.0 Å².